The number of amides is 2. The van der Waals surface area contributed by atoms with Crippen molar-refractivity contribution in [2.24, 2.45) is 0 Å². The van der Waals surface area contributed by atoms with Crippen LogP contribution in [0.5, 0.6) is 0 Å². The van der Waals surface area contributed by atoms with Crippen LogP contribution in [0.1, 0.15) is 0 Å². The molecule has 14 heavy (non-hydrogen) atoms. The number of carbonyl (C=O) groups excluding carboxylic acids is 1. The largest absolute Gasteiger partial charge is 0.341 e. The molecular formula is C8H15F2N3O. The van der Waals surface area contributed by atoms with Crippen molar-refractivity contribution in [1.82, 2.24) is 15.1 Å². The van der Waals surface area contributed by atoms with Gasteiger partial charge in [0.2, 0.25) is 0 Å². The maximum Gasteiger partial charge on any atom is 0.317 e. The van der Waals surface area contributed by atoms with Crippen LogP contribution in [0.25, 0.3) is 0 Å². The van der Waals surface area contributed by atoms with Gasteiger partial charge in [-0.1, -0.05) is 0 Å². The molecule has 0 aliphatic carbocycles. The Morgan fingerprint density at radius 1 is 1.36 bits per heavy atom. The van der Waals surface area contributed by atoms with Crippen LogP contribution in [0.3, 0.4) is 0 Å². The second kappa shape index (κ2) is 5.09. The summed E-state index contributed by atoms with van der Waals surface area (Å²) in [6.45, 7) is 1.90. The first kappa shape index (κ1) is 11.2. The van der Waals surface area contributed by atoms with Crippen molar-refractivity contribution in [2.75, 3.05) is 39.8 Å². The van der Waals surface area contributed by atoms with E-state index >= 15 is 0 Å². The summed E-state index contributed by atoms with van der Waals surface area (Å²) in [5.74, 6) is 0. The molecule has 2 amide bonds. The molecule has 0 bridgehead atoms. The van der Waals surface area contributed by atoms with Crippen LogP contribution in [-0.2, 0) is 0 Å². The highest BCUT2D eigenvalue weighted by Gasteiger charge is 2.21. The third kappa shape index (κ3) is 3.10. The Hall–Kier alpha value is -0.910. The number of alkyl halides is 2. The third-order valence-electron chi connectivity index (χ3n) is 2.27. The van der Waals surface area contributed by atoms with Gasteiger partial charge in [0, 0.05) is 33.2 Å². The Morgan fingerprint density at radius 3 is 2.36 bits per heavy atom. The zero-order valence-corrected chi connectivity index (χ0v) is 8.17. The van der Waals surface area contributed by atoms with Crippen molar-refractivity contribution in [3.05, 3.63) is 0 Å². The van der Waals surface area contributed by atoms with Crippen LogP contribution in [0, 0.1) is 0 Å². The van der Waals surface area contributed by atoms with E-state index < -0.39 is 6.43 Å². The molecule has 1 fully saturated rings. The highest BCUT2D eigenvalue weighted by atomic mass is 19.3. The Bertz CT molecular complexity index is 193. The summed E-state index contributed by atoms with van der Waals surface area (Å²) >= 11 is 0. The van der Waals surface area contributed by atoms with E-state index in [0.717, 1.165) is 0 Å². The summed E-state index contributed by atoms with van der Waals surface area (Å²) < 4.78 is 24.0. The van der Waals surface area contributed by atoms with Gasteiger partial charge in [-0.15, -0.1) is 0 Å². The van der Waals surface area contributed by atoms with E-state index in [1.165, 1.54) is 0 Å². The summed E-state index contributed by atoms with van der Waals surface area (Å²) in [6, 6.07) is -0.137. The fourth-order valence-corrected chi connectivity index (χ4v) is 1.49. The zero-order valence-electron chi connectivity index (χ0n) is 8.17. The van der Waals surface area contributed by atoms with Gasteiger partial charge in [-0.05, 0) is 0 Å². The molecule has 1 aliphatic heterocycles. The summed E-state index contributed by atoms with van der Waals surface area (Å²) in [5, 5.41) is 2.51. The van der Waals surface area contributed by atoms with Gasteiger partial charge >= 0.3 is 6.03 Å². The number of piperazine rings is 1. The molecule has 0 radical (unpaired) electrons. The molecule has 1 rings (SSSR count). The fourth-order valence-electron chi connectivity index (χ4n) is 1.49. The first-order chi connectivity index (χ1) is 6.63. The van der Waals surface area contributed by atoms with Crippen molar-refractivity contribution >= 4 is 6.03 Å². The van der Waals surface area contributed by atoms with Crippen molar-refractivity contribution in [1.29, 1.82) is 0 Å². The van der Waals surface area contributed by atoms with E-state index in [9.17, 15) is 13.6 Å². The Kier molecular flexibility index (Phi) is 4.06. The second-order valence-electron chi connectivity index (χ2n) is 3.23. The molecule has 0 atom stereocenters. The van der Waals surface area contributed by atoms with Gasteiger partial charge in [-0.2, -0.15) is 0 Å². The van der Waals surface area contributed by atoms with Crippen LogP contribution in [0.4, 0.5) is 13.6 Å². The van der Waals surface area contributed by atoms with Gasteiger partial charge in [0.25, 0.3) is 6.43 Å². The molecule has 1 saturated heterocycles. The minimum absolute atomic E-state index is 0.137. The number of rotatable bonds is 2. The number of nitrogens with zero attached hydrogens (tertiary/aromatic N) is 2. The number of nitrogens with one attached hydrogen (secondary N) is 1. The Labute approximate surface area is 81.9 Å². The summed E-state index contributed by atoms with van der Waals surface area (Å²) in [7, 11) is 1.56. The quantitative estimate of drug-likeness (QED) is 0.702. The van der Waals surface area contributed by atoms with Crippen molar-refractivity contribution < 1.29 is 13.6 Å². The van der Waals surface area contributed by atoms with Crippen LogP contribution in [-0.4, -0.2) is 62.0 Å². The minimum atomic E-state index is -2.29. The lowest BCUT2D eigenvalue weighted by atomic mass is 10.3. The molecule has 1 aliphatic rings. The molecule has 6 heteroatoms. The Balaban J connectivity index is 2.27. The highest BCUT2D eigenvalue weighted by molar-refractivity contribution is 5.73. The maximum atomic E-state index is 12.0. The number of halogens is 2. The molecule has 0 unspecified atom stereocenters. The first-order valence-corrected chi connectivity index (χ1v) is 4.60. The molecular weight excluding hydrogens is 192 g/mol. The lowest BCUT2D eigenvalue weighted by Crippen LogP contribution is -2.51. The predicted molar refractivity (Wildman–Crippen MR) is 48.5 cm³/mol. The SMILES string of the molecule is CNC(=O)N1CCN(CC(F)F)CC1. The van der Waals surface area contributed by atoms with Crippen LogP contribution >= 0.6 is 0 Å². The van der Waals surface area contributed by atoms with Crippen LogP contribution in [0.2, 0.25) is 0 Å². The molecule has 0 aromatic carbocycles. The standard InChI is InChI=1S/C8H15F2N3O/c1-11-8(14)13-4-2-12(3-5-13)6-7(9)10/h7H,2-6H2,1H3,(H,11,14). The summed E-state index contributed by atoms with van der Waals surface area (Å²) in [4.78, 5) is 14.4. The monoisotopic (exact) mass is 207 g/mol. The fraction of sp³-hybridized carbons (Fsp3) is 0.875. The minimum Gasteiger partial charge on any atom is -0.341 e. The first-order valence-electron chi connectivity index (χ1n) is 4.60. The molecule has 1 heterocycles. The topological polar surface area (TPSA) is 35.6 Å². The van der Waals surface area contributed by atoms with Gasteiger partial charge < -0.3 is 10.2 Å². The molecule has 0 aromatic rings. The summed E-state index contributed by atoms with van der Waals surface area (Å²) in [5.41, 5.74) is 0. The van der Waals surface area contributed by atoms with Crippen molar-refractivity contribution in [3.8, 4) is 0 Å². The van der Waals surface area contributed by atoms with E-state index in [0.29, 0.717) is 26.2 Å². The molecule has 0 spiro atoms. The third-order valence-corrected chi connectivity index (χ3v) is 2.27. The van der Waals surface area contributed by atoms with Gasteiger partial charge in [0.15, 0.2) is 0 Å². The molecule has 0 aromatic heterocycles. The highest BCUT2D eigenvalue weighted by Crippen LogP contribution is 2.04. The number of hydrogen-bond acceptors (Lipinski definition) is 2. The van der Waals surface area contributed by atoms with Crippen molar-refractivity contribution in [2.45, 2.75) is 6.43 Å². The number of carbonyl (C=O) groups is 1. The maximum absolute atomic E-state index is 12.0. The molecule has 1 N–H and O–H groups in total. The Morgan fingerprint density at radius 2 is 1.93 bits per heavy atom. The van der Waals surface area contributed by atoms with Crippen molar-refractivity contribution in [3.63, 3.8) is 0 Å². The van der Waals surface area contributed by atoms with E-state index in [1.807, 2.05) is 0 Å². The van der Waals surface area contributed by atoms with Gasteiger partial charge in [0.05, 0.1) is 6.54 Å². The lowest BCUT2D eigenvalue weighted by Gasteiger charge is -2.34. The average Bonchev–Trinajstić information content (AvgIpc) is 2.17. The van der Waals surface area contributed by atoms with Crippen LogP contribution < -0.4 is 5.32 Å². The second-order valence-corrected chi connectivity index (χ2v) is 3.23. The van der Waals surface area contributed by atoms with E-state index in [2.05, 4.69) is 5.32 Å². The molecule has 82 valence electrons. The van der Waals surface area contributed by atoms with Crippen LogP contribution in [0.15, 0.2) is 0 Å². The van der Waals surface area contributed by atoms with E-state index in [-0.39, 0.29) is 12.6 Å². The zero-order chi connectivity index (χ0) is 10.6. The lowest BCUT2D eigenvalue weighted by molar-refractivity contribution is 0.0638. The van der Waals surface area contributed by atoms with Gasteiger partial charge in [-0.25, -0.2) is 13.6 Å². The van der Waals surface area contributed by atoms with Gasteiger partial charge in [0.1, 0.15) is 0 Å². The van der Waals surface area contributed by atoms with E-state index in [1.54, 1.807) is 16.8 Å². The normalized spacial score (nSPS) is 18.7. The summed E-state index contributed by atoms with van der Waals surface area (Å²) in [6.07, 6.45) is -2.29. The number of urea groups is 1. The molecule has 4 nitrogen and oxygen atoms in total. The molecule has 0 saturated carbocycles. The predicted octanol–water partition coefficient (Wildman–Crippen LogP) is 0.208. The number of hydrogen-bond donors (Lipinski definition) is 1. The smallest absolute Gasteiger partial charge is 0.317 e. The van der Waals surface area contributed by atoms with E-state index in [4.69, 9.17) is 0 Å². The van der Waals surface area contributed by atoms with Gasteiger partial charge in [-0.3, -0.25) is 4.90 Å². The average molecular weight is 207 g/mol.